The number of carbonyl (C=O) groups is 1. The van der Waals surface area contributed by atoms with Gasteiger partial charge in [-0.05, 0) is 30.9 Å². The van der Waals surface area contributed by atoms with Crippen molar-refractivity contribution in [1.82, 2.24) is 19.7 Å². The summed E-state index contributed by atoms with van der Waals surface area (Å²) in [6, 6.07) is 8.57. The van der Waals surface area contributed by atoms with Crippen LogP contribution in [0.15, 0.2) is 34.8 Å². The van der Waals surface area contributed by atoms with E-state index in [9.17, 15) is 4.79 Å². The molecule has 6 nitrogen and oxygen atoms in total. The van der Waals surface area contributed by atoms with Crippen LogP contribution < -0.4 is 4.90 Å². The van der Waals surface area contributed by atoms with Crippen molar-refractivity contribution in [2.75, 3.05) is 4.90 Å². The van der Waals surface area contributed by atoms with E-state index in [1.165, 1.54) is 24.2 Å². The minimum absolute atomic E-state index is 0.0282. The van der Waals surface area contributed by atoms with Crippen LogP contribution in [0.2, 0.25) is 0 Å². The molecule has 1 aliphatic carbocycles. The molecular weight excluding hydrogens is 414 g/mol. The molecule has 30 heavy (non-hydrogen) atoms. The third kappa shape index (κ3) is 4.30. The van der Waals surface area contributed by atoms with E-state index in [-0.39, 0.29) is 5.91 Å². The van der Waals surface area contributed by atoms with E-state index in [2.05, 4.69) is 41.6 Å². The van der Waals surface area contributed by atoms with Crippen LogP contribution in [-0.4, -0.2) is 25.7 Å². The normalized spacial score (nSPS) is 13.8. The van der Waals surface area contributed by atoms with Crippen molar-refractivity contribution in [2.24, 2.45) is 0 Å². The summed E-state index contributed by atoms with van der Waals surface area (Å²) in [7, 11) is 0. The molecule has 0 saturated heterocycles. The molecule has 0 bridgehead atoms. The van der Waals surface area contributed by atoms with Gasteiger partial charge in [0.15, 0.2) is 10.3 Å². The Hall–Kier alpha value is -2.19. The second kappa shape index (κ2) is 8.89. The zero-order valence-electron chi connectivity index (χ0n) is 17.8. The average molecular weight is 442 g/mol. The van der Waals surface area contributed by atoms with Gasteiger partial charge >= 0.3 is 0 Å². The number of thioether (sulfide) groups is 1. The molecule has 4 rings (SSSR count). The van der Waals surface area contributed by atoms with E-state index in [1.807, 2.05) is 23.6 Å². The molecule has 1 aliphatic rings. The topological polar surface area (TPSA) is 63.9 Å². The molecule has 1 amide bonds. The maximum atomic E-state index is 12.5. The van der Waals surface area contributed by atoms with Gasteiger partial charge in [-0.3, -0.25) is 9.69 Å². The first-order valence-corrected chi connectivity index (χ1v) is 12.3. The van der Waals surface area contributed by atoms with Crippen molar-refractivity contribution < 1.29 is 4.79 Å². The van der Waals surface area contributed by atoms with Crippen molar-refractivity contribution in [3.8, 4) is 0 Å². The number of anilines is 2. The lowest BCUT2D eigenvalue weighted by Gasteiger charge is -2.20. The Labute approximate surface area is 185 Å². The van der Waals surface area contributed by atoms with Crippen LogP contribution >= 0.6 is 23.1 Å². The number of aromatic nitrogens is 4. The van der Waals surface area contributed by atoms with Gasteiger partial charge in [0, 0.05) is 30.0 Å². The van der Waals surface area contributed by atoms with Crippen molar-refractivity contribution >= 4 is 39.8 Å². The molecule has 0 N–H and O–H groups in total. The number of para-hydroxylation sites is 1. The number of hydrogen-bond donors (Lipinski definition) is 0. The fourth-order valence-corrected chi connectivity index (χ4v) is 5.39. The van der Waals surface area contributed by atoms with E-state index < -0.39 is 0 Å². The summed E-state index contributed by atoms with van der Waals surface area (Å²) in [5.41, 5.74) is 3.00. The highest BCUT2D eigenvalue weighted by atomic mass is 32.2. The number of benzene rings is 1. The maximum absolute atomic E-state index is 12.5. The van der Waals surface area contributed by atoms with Gasteiger partial charge in [0.25, 0.3) is 0 Å². The first-order valence-electron chi connectivity index (χ1n) is 10.4. The SMILES string of the molecule is CCc1ccccc1N(C(C)=O)c1nc(CSc2nnc(C(C)C)n2C2CC2)cs1. The highest BCUT2D eigenvalue weighted by Gasteiger charge is 2.30. The molecule has 0 radical (unpaired) electrons. The highest BCUT2D eigenvalue weighted by Crippen LogP contribution is 2.41. The summed E-state index contributed by atoms with van der Waals surface area (Å²) in [6.07, 6.45) is 3.27. The molecule has 0 aliphatic heterocycles. The van der Waals surface area contributed by atoms with Gasteiger partial charge in [0.1, 0.15) is 5.82 Å². The van der Waals surface area contributed by atoms with Gasteiger partial charge in [-0.2, -0.15) is 0 Å². The first-order chi connectivity index (χ1) is 14.5. The Kier molecular flexibility index (Phi) is 6.24. The van der Waals surface area contributed by atoms with Crippen LogP contribution in [0.3, 0.4) is 0 Å². The van der Waals surface area contributed by atoms with Crippen molar-refractivity contribution in [3.05, 3.63) is 46.7 Å². The fourth-order valence-electron chi connectivity index (χ4n) is 3.50. The Morgan fingerprint density at radius 2 is 2.07 bits per heavy atom. The van der Waals surface area contributed by atoms with E-state index in [0.717, 1.165) is 34.3 Å². The van der Waals surface area contributed by atoms with Gasteiger partial charge in [-0.15, -0.1) is 21.5 Å². The summed E-state index contributed by atoms with van der Waals surface area (Å²) >= 11 is 3.18. The van der Waals surface area contributed by atoms with Crippen LogP contribution in [0.5, 0.6) is 0 Å². The monoisotopic (exact) mass is 441 g/mol. The predicted octanol–water partition coefficient (Wildman–Crippen LogP) is 5.73. The number of hydrogen-bond acceptors (Lipinski definition) is 6. The molecule has 2 heterocycles. The van der Waals surface area contributed by atoms with Gasteiger partial charge in [-0.25, -0.2) is 4.98 Å². The first kappa shape index (κ1) is 21.1. The molecule has 0 atom stereocenters. The molecule has 3 aromatic rings. The molecule has 2 aromatic heterocycles. The number of nitrogens with zero attached hydrogens (tertiary/aromatic N) is 5. The van der Waals surface area contributed by atoms with Crippen molar-refractivity contribution in [1.29, 1.82) is 0 Å². The fraction of sp³-hybridized carbons (Fsp3) is 0.455. The van der Waals surface area contributed by atoms with E-state index in [0.29, 0.717) is 22.8 Å². The van der Waals surface area contributed by atoms with E-state index >= 15 is 0 Å². The molecule has 1 fully saturated rings. The minimum atomic E-state index is -0.0282. The Bertz CT molecular complexity index is 1040. The second-order valence-electron chi connectivity index (χ2n) is 7.84. The Morgan fingerprint density at radius 1 is 1.30 bits per heavy atom. The van der Waals surface area contributed by atoms with Crippen LogP contribution in [0.4, 0.5) is 10.8 Å². The van der Waals surface area contributed by atoms with Gasteiger partial charge in [0.05, 0.1) is 11.4 Å². The number of thiazole rings is 1. The van der Waals surface area contributed by atoms with Crippen LogP contribution in [0.25, 0.3) is 0 Å². The number of amides is 1. The summed E-state index contributed by atoms with van der Waals surface area (Å²) in [5.74, 6) is 2.11. The van der Waals surface area contributed by atoms with Crippen molar-refractivity contribution in [3.63, 3.8) is 0 Å². The molecular formula is C22H27N5OS2. The summed E-state index contributed by atoms with van der Waals surface area (Å²) in [6.45, 7) is 8.01. The lowest BCUT2D eigenvalue weighted by atomic mass is 10.1. The number of carbonyl (C=O) groups excluding carboxylic acids is 1. The maximum Gasteiger partial charge on any atom is 0.230 e. The van der Waals surface area contributed by atoms with Crippen LogP contribution in [-0.2, 0) is 17.0 Å². The lowest BCUT2D eigenvalue weighted by molar-refractivity contribution is -0.115. The Morgan fingerprint density at radius 3 is 2.73 bits per heavy atom. The third-order valence-electron chi connectivity index (χ3n) is 5.13. The van der Waals surface area contributed by atoms with Gasteiger partial charge in [0.2, 0.25) is 5.91 Å². The number of rotatable bonds is 8. The van der Waals surface area contributed by atoms with Crippen LogP contribution in [0, 0.1) is 0 Å². The summed E-state index contributed by atoms with van der Waals surface area (Å²) in [4.78, 5) is 19.0. The third-order valence-corrected chi connectivity index (χ3v) is 6.98. The van der Waals surface area contributed by atoms with Crippen LogP contribution in [0.1, 0.15) is 69.6 Å². The predicted molar refractivity (Wildman–Crippen MR) is 123 cm³/mol. The Balaban J connectivity index is 1.54. The molecule has 8 heteroatoms. The summed E-state index contributed by atoms with van der Waals surface area (Å²) < 4.78 is 2.31. The van der Waals surface area contributed by atoms with Gasteiger partial charge in [-0.1, -0.05) is 50.7 Å². The zero-order valence-corrected chi connectivity index (χ0v) is 19.5. The highest BCUT2D eigenvalue weighted by molar-refractivity contribution is 7.98. The molecule has 1 saturated carbocycles. The minimum Gasteiger partial charge on any atom is -0.303 e. The van der Waals surface area contributed by atoms with E-state index in [1.54, 1.807) is 23.6 Å². The smallest absolute Gasteiger partial charge is 0.230 e. The molecule has 0 unspecified atom stereocenters. The standard InChI is InChI=1S/C22H27N5OS2/c1-5-16-8-6-7-9-19(16)26(15(4)28)21-23-17(12-29-21)13-30-22-25-24-20(14(2)3)27(22)18-10-11-18/h6-9,12,14,18H,5,10-11,13H2,1-4H3. The van der Waals surface area contributed by atoms with Gasteiger partial charge < -0.3 is 4.57 Å². The number of aryl methyl sites for hydroxylation is 1. The van der Waals surface area contributed by atoms with Crippen molar-refractivity contribution in [2.45, 2.75) is 69.8 Å². The van der Waals surface area contributed by atoms with E-state index in [4.69, 9.17) is 4.98 Å². The average Bonchev–Trinajstić information content (AvgIpc) is 3.30. The lowest BCUT2D eigenvalue weighted by Crippen LogP contribution is -2.23. The zero-order chi connectivity index (χ0) is 21.3. The summed E-state index contributed by atoms with van der Waals surface area (Å²) in [5, 5.41) is 12.6. The molecule has 158 valence electrons. The second-order valence-corrected chi connectivity index (χ2v) is 9.62. The largest absolute Gasteiger partial charge is 0.303 e. The molecule has 0 spiro atoms. The quantitative estimate of drug-likeness (QED) is 0.418. The molecule has 1 aromatic carbocycles.